The van der Waals surface area contributed by atoms with Crippen molar-refractivity contribution in [3.8, 4) is 0 Å². The van der Waals surface area contributed by atoms with E-state index in [-0.39, 0.29) is 6.61 Å². The Morgan fingerprint density at radius 1 is 1.36 bits per heavy atom. The first-order chi connectivity index (χ1) is 5.29. The first-order valence-electron chi connectivity index (χ1n) is 4.51. The van der Waals surface area contributed by atoms with Gasteiger partial charge in [0, 0.05) is 13.2 Å². The first-order valence-corrected chi connectivity index (χ1v) is 4.51. The quantitative estimate of drug-likeness (QED) is 0.644. The molecule has 0 aliphatic heterocycles. The fourth-order valence-electron chi connectivity index (χ4n) is 2.18. The SMILES string of the molecule is C[C@H](CO)[C@H]1CCC[C@H]1CO. The maximum absolute atomic E-state index is 9.00. The third-order valence-electron chi connectivity index (χ3n) is 2.97. The van der Waals surface area contributed by atoms with Gasteiger partial charge in [0.15, 0.2) is 0 Å². The Hall–Kier alpha value is -0.0800. The highest BCUT2D eigenvalue weighted by Gasteiger charge is 2.30. The van der Waals surface area contributed by atoms with Gasteiger partial charge in [-0.3, -0.25) is 0 Å². The molecule has 2 N–H and O–H groups in total. The second-order valence-electron chi connectivity index (χ2n) is 3.70. The van der Waals surface area contributed by atoms with Crippen LogP contribution in [0.1, 0.15) is 26.2 Å². The van der Waals surface area contributed by atoms with E-state index in [1.807, 2.05) is 0 Å². The smallest absolute Gasteiger partial charge is 0.0462 e. The Labute approximate surface area is 68.2 Å². The van der Waals surface area contributed by atoms with E-state index in [1.54, 1.807) is 0 Å². The summed E-state index contributed by atoms with van der Waals surface area (Å²) in [7, 11) is 0. The Morgan fingerprint density at radius 2 is 2.09 bits per heavy atom. The summed E-state index contributed by atoms with van der Waals surface area (Å²) in [6.45, 7) is 2.63. The second kappa shape index (κ2) is 4.07. The van der Waals surface area contributed by atoms with Crippen LogP contribution in [-0.4, -0.2) is 23.4 Å². The van der Waals surface area contributed by atoms with Gasteiger partial charge < -0.3 is 10.2 Å². The molecule has 0 aromatic rings. The molecule has 1 aliphatic rings. The van der Waals surface area contributed by atoms with E-state index in [9.17, 15) is 0 Å². The van der Waals surface area contributed by atoms with Gasteiger partial charge in [0.05, 0.1) is 0 Å². The average Bonchev–Trinajstić information content (AvgIpc) is 2.50. The van der Waals surface area contributed by atoms with E-state index in [2.05, 4.69) is 6.92 Å². The summed E-state index contributed by atoms with van der Waals surface area (Å²) in [5.41, 5.74) is 0. The lowest BCUT2D eigenvalue weighted by molar-refractivity contribution is 0.124. The van der Waals surface area contributed by atoms with Gasteiger partial charge in [-0.2, -0.15) is 0 Å². The number of aliphatic hydroxyl groups is 2. The largest absolute Gasteiger partial charge is 0.396 e. The molecule has 0 amide bonds. The Balaban J connectivity index is 2.42. The van der Waals surface area contributed by atoms with Crippen LogP contribution in [0.15, 0.2) is 0 Å². The molecule has 2 nitrogen and oxygen atoms in total. The molecule has 0 aromatic carbocycles. The summed E-state index contributed by atoms with van der Waals surface area (Å²) >= 11 is 0. The van der Waals surface area contributed by atoms with Gasteiger partial charge in [0.25, 0.3) is 0 Å². The highest BCUT2D eigenvalue weighted by molar-refractivity contribution is 4.80. The molecule has 2 heteroatoms. The molecule has 0 aromatic heterocycles. The van der Waals surface area contributed by atoms with Crippen LogP contribution in [0.4, 0.5) is 0 Å². The minimum atomic E-state index is 0.265. The van der Waals surface area contributed by atoms with Gasteiger partial charge >= 0.3 is 0 Å². The predicted octanol–water partition coefficient (Wildman–Crippen LogP) is 1.02. The molecular weight excluding hydrogens is 140 g/mol. The van der Waals surface area contributed by atoms with E-state index >= 15 is 0 Å². The summed E-state index contributed by atoms with van der Waals surface area (Å²) in [6.07, 6.45) is 3.55. The second-order valence-corrected chi connectivity index (χ2v) is 3.70. The van der Waals surface area contributed by atoms with Gasteiger partial charge in [0.2, 0.25) is 0 Å². The maximum atomic E-state index is 9.00. The Kier molecular flexibility index (Phi) is 3.34. The zero-order valence-corrected chi connectivity index (χ0v) is 7.16. The van der Waals surface area contributed by atoms with E-state index < -0.39 is 0 Å². The monoisotopic (exact) mass is 158 g/mol. The zero-order valence-electron chi connectivity index (χ0n) is 7.16. The number of rotatable bonds is 3. The first kappa shape index (κ1) is 9.01. The van der Waals surface area contributed by atoms with Crippen LogP contribution in [-0.2, 0) is 0 Å². The van der Waals surface area contributed by atoms with Crippen molar-refractivity contribution in [2.75, 3.05) is 13.2 Å². The van der Waals surface area contributed by atoms with Crippen LogP contribution < -0.4 is 0 Å². The standard InChI is InChI=1S/C9H18O2/c1-7(5-10)9-4-2-3-8(9)6-11/h7-11H,2-6H2,1H3/t7-,8+,9-/m1/s1. The lowest BCUT2D eigenvalue weighted by Crippen LogP contribution is -2.21. The molecule has 66 valence electrons. The molecule has 0 unspecified atom stereocenters. The van der Waals surface area contributed by atoms with E-state index in [0.717, 1.165) is 6.42 Å². The zero-order chi connectivity index (χ0) is 8.27. The molecule has 0 bridgehead atoms. The third kappa shape index (κ3) is 1.94. The third-order valence-corrected chi connectivity index (χ3v) is 2.97. The highest BCUT2D eigenvalue weighted by atomic mass is 16.3. The van der Waals surface area contributed by atoms with Crippen molar-refractivity contribution >= 4 is 0 Å². The highest BCUT2D eigenvalue weighted by Crippen LogP contribution is 2.36. The molecule has 0 saturated heterocycles. The Bertz CT molecular complexity index is 114. The molecule has 0 radical (unpaired) electrons. The van der Waals surface area contributed by atoms with E-state index in [0.29, 0.717) is 24.4 Å². The number of aliphatic hydroxyl groups excluding tert-OH is 2. The summed E-state index contributed by atoms with van der Waals surface area (Å²) in [4.78, 5) is 0. The molecule has 3 atom stereocenters. The molecule has 0 spiro atoms. The average molecular weight is 158 g/mol. The van der Waals surface area contributed by atoms with Crippen LogP contribution in [0.5, 0.6) is 0 Å². The van der Waals surface area contributed by atoms with Gasteiger partial charge in [-0.25, -0.2) is 0 Å². The molecule has 1 rings (SSSR count). The molecule has 1 fully saturated rings. The fraction of sp³-hybridized carbons (Fsp3) is 1.00. The summed E-state index contributed by atoms with van der Waals surface area (Å²) in [5, 5.41) is 17.9. The minimum absolute atomic E-state index is 0.265. The lowest BCUT2D eigenvalue weighted by atomic mass is 9.86. The molecular formula is C9H18O2. The fourth-order valence-corrected chi connectivity index (χ4v) is 2.18. The summed E-state index contributed by atoms with van der Waals surface area (Å²) < 4.78 is 0. The Morgan fingerprint density at radius 3 is 2.64 bits per heavy atom. The van der Waals surface area contributed by atoms with Crippen molar-refractivity contribution in [3.63, 3.8) is 0 Å². The summed E-state index contributed by atoms with van der Waals surface area (Å²) in [5.74, 6) is 1.39. The van der Waals surface area contributed by atoms with Gasteiger partial charge in [-0.1, -0.05) is 13.3 Å². The van der Waals surface area contributed by atoms with Crippen molar-refractivity contribution in [2.24, 2.45) is 17.8 Å². The lowest BCUT2D eigenvalue weighted by Gasteiger charge is -2.22. The van der Waals surface area contributed by atoms with Gasteiger partial charge in [-0.15, -0.1) is 0 Å². The number of hydrogen-bond donors (Lipinski definition) is 2. The molecule has 0 heterocycles. The van der Waals surface area contributed by atoms with Gasteiger partial charge in [0.1, 0.15) is 0 Å². The van der Waals surface area contributed by atoms with Crippen molar-refractivity contribution < 1.29 is 10.2 Å². The van der Waals surface area contributed by atoms with Gasteiger partial charge in [-0.05, 0) is 30.6 Å². The van der Waals surface area contributed by atoms with Crippen molar-refractivity contribution in [1.29, 1.82) is 0 Å². The van der Waals surface area contributed by atoms with Crippen LogP contribution in [0.2, 0.25) is 0 Å². The van der Waals surface area contributed by atoms with Crippen LogP contribution in [0, 0.1) is 17.8 Å². The molecule has 1 saturated carbocycles. The normalized spacial score (nSPS) is 34.1. The maximum Gasteiger partial charge on any atom is 0.0462 e. The van der Waals surface area contributed by atoms with Crippen LogP contribution >= 0.6 is 0 Å². The minimum Gasteiger partial charge on any atom is -0.396 e. The molecule has 11 heavy (non-hydrogen) atoms. The topological polar surface area (TPSA) is 40.5 Å². The van der Waals surface area contributed by atoms with Crippen LogP contribution in [0.25, 0.3) is 0 Å². The summed E-state index contributed by atoms with van der Waals surface area (Å²) in [6, 6.07) is 0. The number of hydrogen-bond acceptors (Lipinski definition) is 2. The van der Waals surface area contributed by atoms with Crippen molar-refractivity contribution in [3.05, 3.63) is 0 Å². The van der Waals surface area contributed by atoms with E-state index in [4.69, 9.17) is 10.2 Å². The molecule has 1 aliphatic carbocycles. The van der Waals surface area contributed by atoms with Crippen molar-refractivity contribution in [1.82, 2.24) is 0 Å². The van der Waals surface area contributed by atoms with Crippen LogP contribution in [0.3, 0.4) is 0 Å². The van der Waals surface area contributed by atoms with E-state index in [1.165, 1.54) is 12.8 Å². The predicted molar refractivity (Wildman–Crippen MR) is 44.2 cm³/mol. The van der Waals surface area contributed by atoms with Crippen molar-refractivity contribution in [2.45, 2.75) is 26.2 Å².